The van der Waals surface area contributed by atoms with Gasteiger partial charge in [0.25, 0.3) is 0 Å². The molecule has 0 saturated heterocycles. The third-order valence-corrected chi connectivity index (χ3v) is 0.1000. The second-order valence-corrected chi connectivity index (χ2v) is 0.447. The summed E-state index contributed by atoms with van der Waals surface area (Å²) in [4.78, 5) is 0. The van der Waals surface area contributed by atoms with Crippen LogP contribution in [0.2, 0.25) is 0 Å². The molecule has 4 N–H and O–H groups in total. The van der Waals surface area contributed by atoms with Crippen molar-refractivity contribution in [3.63, 3.8) is 0 Å². The van der Waals surface area contributed by atoms with E-state index in [2.05, 4.69) is 0 Å². The van der Waals surface area contributed by atoms with Crippen LogP contribution in [0.25, 0.3) is 0 Å². The maximum absolute atomic E-state index is 7.62. The summed E-state index contributed by atoms with van der Waals surface area (Å²) in [6, 6.07) is 0. The third kappa shape index (κ3) is 38.3. The van der Waals surface area contributed by atoms with Crippen molar-refractivity contribution < 1.29 is 15.7 Å². The van der Waals surface area contributed by atoms with Crippen LogP contribution in [-0.4, -0.2) is 37.3 Å². The molecule has 0 aliphatic heterocycles. The third-order valence-electron chi connectivity index (χ3n) is 0.1000. The van der Waals surface area contributed by atoms with E-state index in [4.69, 9.17) is 10.2 Å². The van der Waals surface area contributed by atoms with Gasteiger partial charge in [-0.1, -0.05) is 0 Å². The van der Waals surface area contributed by atoms with Crippen molar-refractivity contribution in [3.05, 3.63) is 0 Å². The predicted octanol–water partition coefficient (Wildman–Crippen LogP) is -2.23. The van der Waals surface area contributed by atoms with Crippen molar-refractivity contribution in [1.29, 1.82) is 0 Å². The predicted molar refractivity (Wildman–Crippen MR) is 23.5 cm³/mol. The Bertz CT molecular complexity index is 10.8. The molecule has 0 aliphatic carbocycles. The summed E-state index contributed by atoms with van der Waals surface area (Å²) in [6.07, 6.45) is 0. The molecule has 0 unspecified atom stereocenters. The van der Waals surface area contributed by atoms with Gasteiger partial charge in [0.15, 0.2) is 0 Å². The van der Waals surface area contributed by atoms with E-state index < -0.39 is 0 Å². The fraction of sp³-hybridized carbons (Fsp3) is 1.00. The van der Waals surface area contributed by atoms with Crippen LogP contribution in [0.5, 0.6) is 0 Å². The van der Waals surface area contributed by atoms with Crippen LogP contribution < -0.4 is 0 Å². The Morgan fingerprint density at radius 2 is 1.17 bits per heavy atom. The Hall–Kier alpha value is -0.0551. The first-order valence-corrected chi connectivity index (χ1v) is 1.13. The molecule has 3 nitrogen and oxygen atoms in total. The quantitative estimate of drug-likeness (QED) is 0.358. The standard InChI is InChI=1S/C2H6O2.B.H2O/c3-1-2-4;;/h3-4H,1-2H2;;1H2. The molecule has 0 spiro atoms. The minimum atomic E-state index is -0.125. The largest absolute Gasteiger partial charge is 0.412 e. The maximum Gasteiger partial charge on any atom is 0.0662 e. The van der Waals surface area contributed by atoms with E-state index in [1.807, 2.05) is 0 Å². The number of rotatable bonds is 1. The lowest BCUT2D eigenvalue weighted by Crippen LogP contribution is -1.85. The van der Waals surface area contributed by atoms with E-state index in [0.717, 1.165) is 0 Å². The first kappa shape index (κ1) is 16.8. The molecule has 4 heteroatoms. The molecule has 0 atom stereocenters. The van der Waals surface area contributed by atoms with Gasteiger partial charge in [-0.15, -0.1) is 0 Å². The van der Waals surface area contributed by atoms with Gasteiger partial charge < -0.3 is 15.7 Å². The van der Waals surface area contributed by atoms with Crippen molar-refractivity contribution in [2.45, 2.75) is 0 Å². The average Bonchev–Trinajstić information content (AvgIpc) is 1.37. The summed E-state index contributed by atoms with van der Waals surface area (Å²) in [5.74, 6) is 0. The Morgan fingerprint density at radius 3 is 1.17 bits per heavy atom. The number of hydrogen-bond donors (Lipinski definition) is 2. The average molecular weight is 90.9 g/mol. The molecule has 0 aromatic carbocycles. The van der Waals surface area contributed by atoms with Gasteiger partial charge in [0, 0.05) is 8.41 Å². The fourth-order valence-corrected chi connectivity index (χ4v) is 0. The first-order valence-electron chi connectivity index (χ1n) is 1.13. The molecule has 0 bridgehead atoms. The number of hydrogen-bond acceptors (Lipinski definition) is 2. The molecule has 6 heavy (non-hydrogen) atoms. The lowest BCUT2D eigenvalue weighted by molar-refractivity contribution is 0.186. The van der Waals surface area contributed by atoms with Gasteiger partial charge in [0.1, 0.15) is 0 Å². The fourth-order valence-electron chi connectivity index (χ4n) is 0. The van der Waals surface area contributed by atoms with Crippen LogP contribution in [0.1, 0.15) is 0 Å². The van der Waals surface area contributed by atoms with Crippen LogP contribution in [-0.2, 0) is 0 Å². The molecule has 0 fully saturated rings. The van der Waals surface area contributed by atoms with Crippen LogP contribution in [0.15, 0.2) is 0 Å². The highest BCUT2D eigenvalue weighted by Gasteiger charge is 1.58. The summed E-state index contributed by atoms with van der Waals surface area (Å²) in [5, 5.41) is 15.2. The van der Waals surface area contributed by atoms with E-state index in [9.17, 15) is 0 Å². The van der Waals surface area contributed by atoms with E-state index in [-0.39, 0.29) is 27.1 Å². The van der Waals surface area contributed by atoms with E-state index in [1.54, 1.807) is 0 Å². The number of aliphatic hydroxyl groups excluding tert-OH is 2. The van der Waals surface area contributed by atoms with Crippen molar-refractivity contribution in [1.82, 2.24) is 0 Å². The highest BCUT2D eigenvalue weighted by Crippen LogP contribution is 1.39. The summed E-state index contributed by atoms with van der Waals surface area (Å²) in [6.45, 7) is -0.250. The molecule has 0 aliphatic rings. The van der Waals surface area contributed by atoms with Gasteiger partial charge >= 0.3 is 0 Å². The van der Waals surface area contributed by atoms with E-state index in [0.29, 0.717) is 0 Å². The Labute approximate surface area is 38.5 Å². The zero-order valence-electron chi connectivity index (χ0n) is 3.39. The van der Waals surface area contributed by atoms with Gasteiger partial charge in [-0.3, -0.25) is 0 Å². The molecule has 3 radical (unpaired) electrons. The van der Waals surface area contributed by atoms with Gasteiger partial charge in [0.05, 0.1) is 13.2 Å². The minimum Gasteiger partial charge on any atom is -0.412 e. The maximum atomic E-state index is 7.62. The van der Waals surface area contributed by atoms with Crippen molar-refractivity contribution in [2.75, 3.05) is 13.2 Å². The Kier molecular flexibility index (Phi) is 56.8. The summed E-state index contributed by atoms with van der Waals surface area (Å²) in [7, 11) is 0. The lowest BCUT2D eigenvalue weighted by atomic mass is 10.8. The molecule has 0 saturated carbocycles. The summed E-state index contributed by atoms with van der Waals surface area (Å²) >= 11 is 0. The smallest absolute Gasteiger partial charge is 0.0662 e. The van der Waals surface area contributed by atoms with Gasteiger partial charge in [-0.05, 0) is 0 Å². The second-order valence-electron chi connectivity index (χ2n) is 0.447. The van der Waals surface area contributed by atoms with Crippen LogP contribution in [0, 0.1) is 0 Å². The Balaban J connectivity index is -0.0000000450. The molecule has 0 rings (SSSR count). The highest BCUT2D eigenvalue weighted by molar-refractivity contribution is 5.75. The zero-order chi connectivity index (χ0) is 3.41. The van der Waals surface area contributed by atoms with Gasteiger partial charge in [-0.25, -0.2) is 0 Å². The SMILES string of the molecule is O.OCCO.[B]. The monoisotopic (exact) mass is 91.1 g/mol. The molecular weight excluding hydrogens is 82.8 g/mol. The highest BCUT2D eigenvalue weighted by atomic mass is 16.3. The Morgan fingerprint density at radius 1 is 1.00 bits per heavy atom. The van der Waals surface area contributed by atoms with E-state index in [1.165, 1.54) is 0 Å². The van der Waals surface area contributed by atoms with Crippen molar-refractivity contribution >= 4 is 8.41 Å². The van der Waals surface area contributed by atoms with E-state index >= 15 is 0 Å². The topological polar surface area (TPSA) is 72.0 Å². The molecule has 0 heterocycles. The summed E-state index contributed by atoms with van der Waals surface area (Å²) in [5.41, 5.74) is 0. The molecular formula is C2H8BO3. The second kappa shape index (κ2) is 20.3. The number of aliphatic hydroxyl groups is 2. The molecule has 0 aromatic rings. The van der Waals surface area contributed by atoms with Gasteiger partial charge in [0.2, 0.25) is 0 Å². The van der Waals surface area contributed by atoms with Crippen LogP contribution in [0.3, 0.4) is 0 Å². The van der Waals surface area contributed by atoms with Crippen LogP contribution in [0.4, 0.5) is 0 Å². The normalized spacial score (nSPS) is 5.00. The van der Waals surface area contributed by atoms with Crippen molar-refractivity contribution in [3.8, 4) is 0 Å². The van der Waals surface area contributed by atoms with Crippen molar-refractivity contribution in [2.24, 2.45) is 0 Å². The molecule has 0 amide bonds. The summed E-state index contributed by atoms with van der Waals surface area (Å²) < 4.78 is 0. The lowest BCUT2D eigenvalue weighted by Gasteiger charge is -1.70. The first-order chi connectivity index (χ1) is 1.91. The molecule has 37 valence electrons. The van der Waals surface area contributed by atoms with Gasteiger partial charge in [-0.2, -0.15) is 0 Å². The zero-order valence-corrected chi connectivity index (χ0v) is 3.39. The minimum absolute atomic E-state index is 0. The molecule has 0 aromatic heterocycles. The van der Waals surface area contributed by atoms with Crippen LogP contribution >= 0.6 is 0 Å².